The molecule has 0 saturated carbocycles. The molecule has 30 heavy (non-hydrogen) atoms. The highest BCUT2D eigenvalue weighted by molar-refractivity contribution is 7.92. The summed E-state index contributed by atoms with van der Waals surface area (Å²) in [4.78, 5) is 16.6. The van der Waals surface area contributed by atoms with E-state index >= 15 is 0 Å². The number of hydrogen-bond donors (Lipinski definition) is 0. The number of carbonyl (C=O) groups excluding carboxylic acids is 1. The van der Waals surface area contributed by atoms with Gasteiger partial charge in [0.15, 0.2) is 6.10 Å². The van der Waals surface area contributed by atoms with Gasteiger partial charge in [0.05, 0.1) is 24.2 Å². The van der Waals surface area contributed by atoms with E-state index in [4.69, 9.17) is 16.3 Å². The fourth-order valence-electron chi connectivity index (χ4n) is 3.75. The van der Waals surface area contributed by atoms with Crippen LogP contribution >= 0.6 is 11.6 Å². The highest BCUT2D eigenvalue weighted by Crippen LogP contribution is 2.37. The van der Waals surface area contributed by atoms with Gasteiger partial charge in [-0.15, -0.1) is 0 Å². The van der Waals surface area contributed by atoms with Crippen molar-refractivity contribution in [3.8, 4) is 5.75 Å². The molecule has 1 fully saturated rings. The second-order valence-electron chi connectivity index (χ2n) is 7.28. The highest BCUT2D eigenvalue weighted by Gasteiger charge is 2.38. The van der Waals surface area contributed by atoms with Gasteiger partial charge in [0.2, 0.25) is 10.0 Å². The van der Waals surface area contributed by atoms with Gasteiger partial charge in [-0.05, 0) is 30.3 Å². The van der Waals surface area contributed by atoms with Crippen LogP contribution in [0.2, 0.25) is 5.02 Å². The molecule has 0 spiro atoms. The molecule has 4 rings (SSSR count). The second kappa shape index (κ2) is 7.96. The Morgan fingerprint density at radius 3 is 2.47 bits per heavy atom. The predicted octanol–water partition coefficient (Wildman–Crippen LogP) is 2.35. The van der Waals surface area contributed by atoms with Crippen LogP contribution in [-0.4, -0.2) is 64.3 Å². The van der Waals surface area contributed by atoms with Crippen LogP contribution in [0.25, 0.3) is 0 Å². The van der Waals surface area contributed by atoms with Gasteiger partial charge < -0.3 is 14.5 Å². The topological polar surface area (TPSA) is 70.2 Å². The molecule has 10 heteroatoms. The van der Waals surface area contributed by atoms with E-state index in [0.29, 0.717) is 48.3 Å². The number of halogens is 2. The summed E-state index contributed by atoms with van der Waals surface area (Å²) in [6.07, 6.45) is 0.117. The molecule has 1 saturated heterocycles. The molecule has 2 heterocycles. The molecule has 0 radical (unpaired) electrons. The molecule has 1 atom stereocenters. The van der Waals surface area contributed by atoms with Gasteiger partial charge in [0.1, 0.15) is 11.6 Å². The maximum Gasteiger partial charge on any atom is 0.265 e. The summed E-state index contributed by atoms with van der Waals surface area (Å²) in [6, 6.07) is 11.2. The highest BCUT2D eigenvalue weighted by atomic mass is 35.5. The van der Waals surface area contributed by atoms with Gasteiger partial charge in [-0.1, -0.05) is 23.7 Å². The molecule has 2 aromatic rings. The average Bonchev–Trinajstić information content (AvgIpc) is 2.72. The van der Waals surface area contributed by atoms with Crippen molar-refractivity contribution in [2.75, 3.05) is 48.2 Å². The first-order valence-corrected chi connectivity index (χ1v) is 11.7. The molecular weight excluding hydrogens is 433 g/mol. The molecule has 0 N–H and O–H groups in total. The van der Waals surface area contributed by atoms with Crippen molar-refractivity contribution in [2.45, 2.75) is 6.10 Å². The standard InChI is InChI=1S/C20H21ClFN3O4S/c1-30(27,28)25-13-19(29-18-7-6-14(21)12-17(18)25)20(26)24-10-8-23(9-11-24)16-5-3-2-4-15(16)22/h2-7,12,19H,8-11,13H2,1H3/t19-/m1/s1. The average molecular weight is 454 g/mol. The van der Waals surface area contributed by atoms with Crippen molar-refractivity contribution in [3.63, 3.8) is 0 Å². The largest absolute Gasteiger partial charge is 0.476 e. The number of amides is 1. The molecule has 160 valence electrons. The minimum absolute atomic E-state index is 0.126. The lowest BCUT2D eigenvalue weighted by Crippen LogP contribution is -2.56. The summed E-state index contributed by atoms with van der Waals surface area (Å²) in [5, 5.41) is 0.375. The quantitative estimate of drug-likeness (QED) is 0.713. The molecule has 0 unspecified atom stereocenters. The fourth-order valence-corrected chi connectivity index (χ4v) is 4.82. The van der Waals surface area contributed by atoms with Gasteiger partial charge >= 0.3 is 0 Å². The smallest absolute Gasteiger partial charge is 0.265 e. The van der Waals surface area contributed by atoms with Crippen molar-refractivity contribution < 1.29 is 22.3 Å². The fraction of sp³-hybridized carbons (Fsp3) is 0.350. The lowest BCUT2D eigenvalue weighted by atomic mass is 10.2. The molecule has 1 amide bonds. The molecule has 7 nitrogen and oxygen atoms in total. The Balaban J connectivity index is 1.49. The van der Waals surface area contributed by atoms with E-state index < -0.39 is 16.1 Å². The third-order valence-corrected chi connectivity index (χ3v) is 6.63. The van der Waals surface area contributed by atoms with E-state index in [1.807, 2.05) is 4.90 Å². The number of carbonyl (C=O) groups is 1. The predicted molar refractivity (Wildman–Crippen MR) is 113 cm³/mol. The number of nitrogens with zero attached hydrogens (tertiary/aromatic N) is 3. The summed E-state index contributed by atoms with van der Waals surface area (Å²) >= 11 is 6.00. The Morgan fingerprint density at radius 1 is 1.10 bits per heavy atom. The normalized spacial score (nSPS) is 19.3. The number of ether oxygens (including phenoxy) is 1. The number of benzene rings is 2. The Bertz CT molecular complexity index is 1070. The summed E-state index contributed by atoms with van der Waals surface area (Å²) in [5.74, 6) is -0.302. The third-order valence-electron chi connectivity index (χ3n) is 5.25. The second-order valence-corrected chi connectivity index (χ2v) is 9.62. The Labute approximate surface area is 179 Å². The number of sulfonamides is 1. The third kappa shape index (κ3) is 4.04. The molecule has 2 aliphatic heterocycles. The van der Waals surface area contributed by atoms with Crippen molar-refractivity contribution in [3.05, 3.63) is 53.3 Å². The Hall–Kier alpha value is -2.52. The van der Waals surface area contributed by atoms with Crippen LogP contribution in [0.15, 0.2) is 42.5 Å². The van der Waals surface area contributed by atoms with Crippen LogP contribution in [0.1, 0.15) is 0 Å². The van der Waals surface area contributed by atoms with Gasteiger partial charge in [-0.25, -0.2) is 12.8 Å². The molecular formula is C20H21ClFN3O4S. The van der Waals surface area contributed by atoms with Crippen LogP contribution < -0.4 is 13.9 Å². The number of fused-ring (bicyclic) bond motifs is 1. The first kappa shape index (κ1) is 20.7. The summed E-state index contributed by atoms with van der Waals surface area (Å²) in [5.41, 5.74) is 0.825. The van der Waals surface area contributed by atoms with Gasteiger partial charge in [-0.3, -0.25) is 9.10 Å². The van der Waals surface area contributed by atoms with E-state index in [1.165, 1.54) is 12.1 Å². The minimum atomic E-state index is -3.63. The molecule has 0 bridgehead atoms. The van der Waals surface area contributed by atoms with Crippen LogP contribution in [-0.2, 0) is 14.8 Å². The van der Waals surface area contributed by atoms with Crippen molar-refractivity contribution in [1.82, 2.24) is 4.90 Å². The number of para-hydroxylation sites is 1. The van der Waals surface area contributed by atoms with Gasteiger partial charge in [0, 0.05) is 31.2 Å². The number of piperazine rings is 1. The number of hydrogen-bond acceptors (Lipinski definition) is 5. The van der Waals surface area contributed by atoms with Crippen LogP contribution in [0.4, 0.5) is 15.8 Å². The molecule has 0 aliphatic carbocycles. The van der Waals surface area contributed by atoms with Crippen molar-refractivity contribution >= 4 is 38.9 Å². The first-order valence-electron chi connectivity index (χ1n) is 9.46. The van der Waals surface area contributed by atoms with E-state index in [9.17, 15) is 17.6 Å². The monoisotopic (exact) mass is 453 g/mol. The summed E-state index contributed by atoms with van der Waals surface area (Å²) in [7, 11) is -3.63. The van der Waals surface area contributed by atoms with Crippen LogP contribution in [0.3, 0.4) is 0 Å². The van der Waals surface area contributed by atoms with E-state index in [-0.39, 0.29) is 18.3 Å². The number of rotatable bonds is 3. The van der Waals surface area contributed by atoms with Crippen molar-refractivity contribution in [1.29, 1.82) is 0 Å². The Kier molecular flexibility index (Phi) is 5.50. The lowest BCUT2D eigenvalue weighted by Gasteiger charge is -2.40. The SMILES string of the molecule is CS(=O)(=O)N1C[C@H](C(=O)N2CCN(c3ccccc3F)CC2)Oc2ccc(Cl)cc21. The van der Waals surface area contributed by atoms with E-state index in [2.05, 4.69) is 0 Å². The minimum Gasteiger partial charge on any atom is -0.476 e. The lowest BCUT2D eigenvalue weighted by molar-refractivity contribution is -0.138. The van der Waals surface area contributed by atoms with Crippen LogP contribution in [0.5, 0.6) is 5.75 Å². The molecule has 2 aromatic carbocycles. The zero-order chi connectivity index (χ0) is 21.5. The zero-order valence-corrected chi connectivity index (χ0v) is 17.9. The van der Waals surface area contributed by atoms with Crippen molar-refractivity contribution in [2.24, 2.45) is 0 Å². The van der Waals surface area contributed by atoms with Gasteiger partial charge in [0.25, 0.3) is 5.91 Å². The van der Waals surface area contributed by atoms with Gasteiger partial charge in [-0.2, -0.15) is 0 Å². The molecule has 2 aliphatic rings. The van der Waals surface area contributed by atoms with E-state index in [1.54, 1.807) is 35.2 Å². The number of anilines is 2. The van der Waals surface area contributed by atoms with E-state index in [0.717, 1.165) is 10.6 Å². The zero-order valence-electron chi connectivity index (χ0n) is 16.3. The maximum absolute atomic E-state index is 14.0. The molecule has 0 aromatic heterocycles. The summed E-state index contributed by atoms with van der Waals surface area (Å²) < 4.78 is 45.6. The Morgan fingerprint density at radius 2 is 1.80 bits per heavy atom. The summed E-state index contributed by atoms with van der Waals surface area (Å²) in [6.45, 7) is 1.60. The van der Waals surface area contributed by atoms with Crippen LogP contribution in [0, 0.1) is 5.82 Å². The first-order chi connectivity index (χ1) is 14.2. The maximum atomic E-state index is 14.0.